The molecule has 1 atom stereocenters. The fraction of sp³-hybridized carbons (Fsp3) is 0.571. The first kappa shape index (κ1) is 20.9. The van der Waals surface area contributed by atoms with Crippen molar-refractivity contribution in [1.29, 1.82) is 0 Å². The molecule has 0 unspecified atom stereocenters. The second-order valence-electron chi connectivity index (χ2n) is 8.21. The minimum atomic E-state index is -1.16. The summed E-state index contributed by atoms with van der Waals surface area (Å²) in [6.07, 6.45) is 0. The Hall–Kier alpha value is -2.37. The number of urea groups is 1. The molecule has 1 aliphatic heterocycles. The maximum atomic E-state index is 13.0. The Morgan fingerprint density at radius 2 is 1.56 bits per heavy atom. The number of carbonyl (C=O) groups is 3. The summed E-state index contributed by atoms with van der Waals surface area (Å²) < 4.78 is 0. The fourth-order valence-corrected chi connectivity index (χ4v) is 3.63. The van der Waals surface area contributed by atoms with Crippen LogP contribution in [0.1, 0.15) is 65.5 Å². The molecule has 4 amide bonds. The van der Waals surface area contributed by atoms with E-state index in [1.54, 1.807) is 11.8 Å². The van der Waals surface area contributed by atoms with E-state index in [4.69, 9.17) is 0 Å². The largest absolute Gasteiger partial charge is 0.336 e. The molecule has 148 valence electrons. The van der Waals surface area contributed by atoms with Crippen molar-refractivity contribution in [3.05, 3.63) is 35.4 Å². The van der Waals surface area contributed by atoms with Crippen molar-refractivity contribution in [2.24, 2.45) is 0 Å². The smallest absolute Gasteiger partial charge is 0.325 e. The Kier molecular flexibility index (Phi) is 5.97. The number of imide groups is 1. The van der Waals surface area contributed by atoms with Gasteiger partial charge in [0.2, 0.25) is 5.91 Å². The summed E-state index contributed by atoms with van der Waals surface area (Å²) in [5.74, 6) is -0.249. The van der Waals surface area contributed by atoms with Crippen LogP contribution in [0.2, 0.25) is 0 Å². The van der Waals surface area contributed by atoms with Crippen LogP contribution in [0.3, 0.4) is 0 Å². The number of rotatable bonds is 6. The lowest BCUT2D eigenvalue weighted by atomic mass is 9.90. The molecule has 1 heterocycles. The lowest BCUT2D eigenvalue weighted by Crippen LogP contribution is -2.49. The Morgan fingerprint density at radius 3 is 2.00 bits per heavy atom. The van der Waals surface area contributed by atoms with Crippen LogP contribution in [0.5, 0.6) is 0 Å². The van der Waals surface area contributed by atoms with Gasteiger partial charge in [-0.25, -0.2) is 4.79 Å². The Morgan fingerprint density at radius 1 is 1.04 bits per heavy atom. The third-order valence-electron chi connectivity index (χ3n) is 5.12. The van der Waals surface area contributed by atoms with Gasteiger partial charge in [0.25, 0.3) is 5.91 Å². The second-order valence-corrected chi connectivity index (χ2v) is 8.21. The molecule has 6 heteroatoms. The summed E-state index contributed by atoms with van der Waals surface area (Å²) in [5.41, 5.74) is 0.716. The first-order chi connectivity index (χ1) is 12.5. The summed E-state index contributed by atoms with van der Waals surface area (Å²) in [5, 5.41) is 2.76. The summed E-state index contributed by atoms with van der Waals surface area (Å²) in [6.45, 7) is 13.3. The highest BCUT2D eigenvalue weighted by Gasteiger charge is 2.49. The molecule has 0 saturated carbocycles. The third kappa shape index (κ3) is 3.99. The number of hydrogen-bond acceptors (Lipinski definition) is 3. The van der Waals surface area contributed by atoms with Crippen LogP contribution in [-0.2, 0) is 15.1 Å². The summed E-state index contributed by atoms with van der Waals surface area (Å²) in [7, 11) is 0. The van der Waals surface area contributed by atoms with Crippen LogP contribution in [0.15, 0.2) is 24.3 Å². The molecule has 2 rings (SSSR count). The quantitative estimate of drug-likeness (QED) is 0.779. The van der Waals surface area contributed by atoms with E-state index in [1.807, 2.05) is 52.0 Å². The first-order valence-corrected chi connectivity index (χ1v) is 9.54. The number of nitrogens with one attached hydrogen (secondary N) is 1. The molecule has 1 fully saturated rings. The van der Waals surface area contributed by atoms with E-state index in [9.17, 15) is 14.4 Å². The number of nitrogens with zero attached hydrogens (tertiary/aromatic N) is 2. The molecular formula is C21H31N3O3. The van der Waals surface area contributed by atoms with E-state index in [2.05, 4.69) is 19.2 Å². The maximum Gasteiger partial charge on any atom is 0.325 e. The molecule has 1 saturated heterocycles. The van der Waals surface area contributed by atoms with Crippen LogP contribution in [0.25, 0.3) is 0 Å². The molecule has 0 aliphatic carbocycles. The Labute approximate surface area is 161 Å². The number of amides is 4. The first-order valence-electron chi connectivity index (χ1n) is 9.54. The van der Waals surface area contributed by atoms with E-state index in [0.29, 0.717) is 11.5 Å². The highest BCUT2D eigenvalue weighted by molar-refractivity contribution is 6.09. The highest BCUT2D eigenvalue weighted by Crippen LogP contribution is 2.30. The second kappa shape index (κ2) is 7.71. The van der Waals surface area contributed by atoms with Gasteiger partial charge in [-0.2, -0.15) is 0 Å². The van der Waals surface area contributed by atoms with Crippen LogP contribution in [0.4, 0.5) is 4.79 Å². The average Bonchev–Trinajstić information content (AvgIpc) is 2.78. The van der Waals surface area contributed by atoms with Crippen LogP contribution in [-0.4, -0.2) is 46.3 Å². The van der Waals surface area contributed by atoms with Crippen molar-refractivity contribution >= 4 is 17.8 Å². The zero-order chi connectivity index (χ0) is 20.5. The molecule has 0 spiro atoms. The van der Waals surface area contributed by atoms with Crippen molar-refractivity contribution in [1.82, 2.24) is 15.1 Å². The third-order valence-corrected chi connectivity index (χ3v) is 5.12. The fourth-order valence-electron chi connectivity index (χ4n) is 3.63. The molecule has 1 aromatic carbocycles. The summed E-state index contributed by atoms with van der Waals surface area (Å²) in [6, 6.07) is 7.13. The van der Waals surface area contributed by atoms with Gasteiger partial charge >= 0.3 is 6.03 Å². The standard InChI is InChI=1S/C21H31N3O3/c1-13(2)16-8-10-17(11-9-16)21(7)19(26)23(20(27)22-21)12-18(25)24(14(3)4)15(5)6/h8-11,13-15H,12H2,1-7H3,(H,22,27)/t21-/m0/s1. The van der Waals surface area contributed by atoms with Gasteiger partial charge in [-0.3, -0.25) is 14.5 Å². The van der Waals surface area contributed by atoms with Crippen LogP contribution >= 0.6 is 0 Å². The zero-order valence-electron chi connectivity index (χ0n) is 17.4. The Bertz CT molecular complexity index is 717. The molecule has 27 heavy (non-hydrogen) atoms. The number of hydrogen-bond donors (Lipinski definition) is 1. The van der Waals surface area contributed by atoms with E-state index in [0.717, 1.165) is 10.5 Å². The van der Waals surface area contributed by atoms with Crippen molar-refractivity contribution in [3.8, 4) is 0 Å². The molecule has 1 N–H and O–H groups in total. The zero-order valence-corrected chi connectivity index (χ0v) is 17.4. The molecular weight excluding hydrogens is 342 g/mol. The molecule has 0 aromatic heterocycles. The minimum Gasteiger partial charge on any atom is -0.336 e. The maximum absolute atomic E-state index is 13.0. The molecule has 0 radical (unpaired) electrons. The monoisotopic (exact) mass is 373 g/mol. The molecule has 1 aliphatic rings. The molecule has 6 nitrogen and oxygen atoms in total. The predicted octanol–water partition coefficient (Wildman–Crippen LogP) is 3.22. The van der Waals surface area contributed by atoms with Gasteiger partial charge in [-0.15, -0.1) is 0 Å². The van der Waals surface area contributed by atoms with E-state index < -0.39 is 17.5 Å². The van der Waals surface area contributed by atoms with Gasteiger partial charge in [0, 0.05) is 12.1 Å². The molecule has 1 aromatic rings. The van der Waals surface area contributed by atoms with Gasteiger partial charge in [0.15, 0.2) is 0 Å². The summed E-state index contributed by atoms with van der Waals surface area (Å²) >= 11 is 0. The minimum absolute atomic E-state index is 0.00627. The van der Waals surface area contributed by atoms with Gasteiger partial charge in [0.05, 0.1) is 0 Å². The molecule has 0 bridgehead atoms. The van der Waals surface area contributed by atoms with Gasteiger partial charge in [-0.1, -0.05) is 38.1 Å². The number of carbonyl (C=O) groups excluding carboxylic acids is 3. The lowest BCUT2D eigenvalue weighted by Gasteiger charge is -2.32. The van der Waals surface area contributed by atoms with Crippen LogP contribution < -0.4 is 5.32 Å². The Balaban J connectivity index is 2.24. The lowest BCUT2D eigenvalue weighted by molar-refractivity contribution is -0.141. The van der Waals surface area contributed by atoms with E-state index in [-0.39, 0.29) is 24.5 Å². The van der Waals surface area contributed by atoms with Crippen molar-refractivity contribution in [3.63, 3.8) is 0 Å². The van der Waals surface area contributed by atoms with E-state index >= 15 is 0 Å². The van der Waals surface area contributed by atoms with Gasteiger partial charge in [-0.05, 0) is 51.7 Å². The highest BCUT2D eigenvalue weighted by atomic mass is 16.2. The predicted molar refractivity (Wildman–Crippen MR) is 105 cm³/mol. The number of benzene rings is 1. The van der Waals surface area contributed by atoms with Crippen LogP contribution in [0, 0.1) is 0 Å². The SMILES string of the molecule is CC(C)c1ccc([C@]2(C)NC(=O)N(CC(=O)N(C(C)C)C(C)C)C2=O)cc1. The van der Waals surface area contributed by atoms with Crippen molar-refractivity contribution in [2.75, 3.05) is 6.54 Å². The summed E-state index contributed by atoms with van der Waals surface area (Å²) in [4.78, 5) is 40.9. The normalized spacial score (nSPS) is 20.0. The average molecular weight is 373 g/mol. The van der Waals surface area contributed by atoms with E-state index in [1.165, 1.54) is 0 Å². The van der Waals surface area contributed by atoms with Crippen molar-refractivity contribution in [2.45, 2.75) is 72.0 Å². The van der Waals surface area contributed by atoms with Gasteiger partial charge < -0.3 is 10.2 Å². The van der Waals surface area contributed by atoms with Gasteiger partial charge in [0.1, 0.15) is 12.1 Å². The topological polar surface area (TPSA) is 69.7 Å². The van der Waals surface area contributed by atoms with Crippen molar-refractivity contribution < 1.29 is 14.4 Å².